The summed E-state index contributed by atoms with van der Waals surface area (Å²) in [6.45, 7) is 0.619. The Labute approximate surface area is 150 Å². The van der Waals surface area contributed by atoms with Crippen LogP contribution in [-0.4, -0.2) is 30.7 Å². The lowest BCUT2D eigenvalue weighted by Gasteiger charge is -2.19. The Morgan fingerprint density at radius 2 is 1.65 bits per heavy atom. The molecule has 7 nitrogen and oxygen atoms in total. The van der Waals surface area contributed by atoms with Crippen LogP contribution in [0.25, 0.3) is 11.0 Å². The molecule has 0 radical (unpaired) electrons. The highest BCUT2D eigenvalue weighted by Gasteiger charge is 2.16. The van der Waals surface area contributed by atoms with Gasteiger partial charge in [0.05, 0.1) is 12.6 Å². The monoisotopic (exact) mass is 346 g/mol. The number of fused-ring (bicyclic) bond motifs is 1. The largest absolute Gasteiger partial charge is 0.346 e. The van der Waals surface area contributed by atoms with Crippen LogP contribution in [-0.2, 0) is 17.9 Å². The maximum Gasteiger partial charge on any atom is 0.244 e. The van der Waals surface area contributed by atoms with Gasteiger partial charge < -0.3 is 5.32 Å². The molecule has 0 aliphatic heterocycles. The molecule has 2 heterocycles. The molecule has 4 rings (SSSR count). The van der Waals surface area contributed by atoms with Crippen molar-refractivity contribution in [1.29, 1.82) is 0 Å². The lowest BCUT2D eigenvalue weighted by Crippen LogP contribution is -2.34. The summed E-state index contributed by atoms with van der Waals surface area (Å²) < 4.78 is 1.80. The number of aromatic nitrogens is 5. The molecule has 1 atom stereocenters. The van der Waals surface area contributed by atoms with Crippen LogP contribution in [0, 0.1) is 0 Å². The van der Waals surface area contributed by atoms with Gasteiger partial charge in [0.1, 0.15) is 17.6 Å². The molecule has 130 valence electrons. The van der Waals surface area contributed by atoms with Crippen LogP contribution in [0.3, 0.4) is 0 Å². The summed E-state index contributed by atoms with van der Waals surface area (Å²) in [6, 6.07) is 19.1. The topological polar surface area (TPSA) is 77.6 Å². The van der Waals surface area contributed by atoms with Crippen LogP contribution in [0.4, 0.5) is 0 Å². The number of hydrogen-bond donors (Lipinski definition) is 1. The normalized spacial score (nSPS) is 12.2. The fourth-order valence-electron chi connectivity index (χ4n) is 2.86. The van der Waals surface area contributed by atoms with E-state index >= 15 is 0 Å². The average Bonchev–Trinajstić information content (AvgIpc) is 3.30. The highest BCUT2D eigenvalue weighted by molar-refractivity contribution is 5.77. The van der Waals surface area contributed by atoms with Gasteiger partial charge in [-0.3, -0.25) is 9.48 Å². The van der Waals surface area contributed by atoms with Crippen molar-refractivity contribution in [2.24, 2.45) is 0 Å². The number of carbonyl (C=O) groups excluding carboxylic acids is 1. The lowest BCUT2D eigenvalue weighted by atomic mass is 10.1. The van der Waals surface area contributed by atoms with Gasteiger partial charge in [-0.2, -0.15) is 20.1 Å². The maximum atomic E-state index is 12.6. The summed E-state index contributed by atoms with van der Waals surface area (Å²) in [4.78, 5) is 14.0. The van der Waals surface area contributed by atoms with E-state index < -0.39 is 0 Å². The molecule has 0 aliphatic carbocycles. The minimum atomic E-state index is -0.187. The molecule has 0 bridgehead atoms. The van der Waals surface area contributed by atoms with Crippen LogP contribution in [0.5, 0.6) is 0 Å². The Balaban J connectivity index is 1.50. The number of benzene rings is 2. The standard InChI is InChI=1S/C19H18N6O/c26-19(14-25-22-16-9-4-5-10-17(16)23-25)21-18(13-24-12-6-11-20-24)15-7-2-1-3-8-15/h1-12,18H,13-14H2,(H,21,26)/t18-/m0/s1. The van der Waals surface area contributed by atoms with Crippen molar-refractivity contribution < 1.29 is 4.79 Å². The minimum Gasteiger partial charge on any atom is -0.346 e. The van der Waals surface area contributed by atoms with E-state index in [0.29, 0.717) is 6.54 Å². The number of nitrogens with one attached hydrogen (secondary N) is 1. The highest BCUT2D eigenvalue weighted by atomic mass is 16.2. The molecule has 7 heteroatoms. The summed E-state index contributed by atoms with van der Waals surface area (Å²) >= 11 is 0. The van der Waals surface area contributed by atoms with Crippen LogP contribution in [0.1, 0.15) is 11.6 Å². The van der Waals surface area contributed by atoms with Crippen molar-refractivity contribution in [1.82, 2.24) is 30.1 Å². The van der Waals surface area contributed by atoms with Crippen molar-refractivity contribution in [2.75, 3.05) is 0 Å². The molecule has 1 amide bonds. The quantitative estimate of drug-likeness (QED) is 0.580. The van der Waals surface area contributed by atoms with Gasteiger partial charge in [0.2, 0.25) is 5.91 Å². The molecule has 1 N–H and O–H groups in total. The number of hydrogen-bond acceptors (Lipinski definition) is 4. The van der Waals surface area contributed by atoms with Crippen molar-refractivity contribution in [2.45, 2.75) is 19.1 Å². The summed E-state index contributed by atoms with van der Waals surface area (Å²) in [7, 11) is 0. The van der Waals surface area contributed by atoms with E-state index in [-0.39, 0.29) is 18.5 Å². The molecule has 2 aromatic heterocycles. The molecule has 0 saturated carbocycles. The van der Waals surface area contributed by atoms with Crippen molar-refractivity contribution in [3.63, 3.8) is 0 Å². The second kappa shape index (κ2) is 7.18. The number of amides is 1. The Hall–Kier alpha value is -3.48. The van der Waals surface area contributed by atoms with Crippen LogP contribution in [0.2, 0.25) is 0 Å². The van der Waals surface area contributed by atoms with Gasteiger partial charge in [-0.1, -0.05) is 42.5 Å². The zero-order valence-electron chi connectivity index (χ0n) is 14.1. The number of carbonyl (C=O) groups is 1. The summed E-state index contributed by atoms with van der Waals surface area (Å²) in [5.41, 5.74) is 2.57. The van der Waals surface area contributed by atoms with E-state index in [1.54, 1.807) is 10.9 Å². The fraction of sp³-hybridized carbons (Fsp3) is 0.158. The van der Waals surface area contributed by atoms with E-state index in [2.05, 4.69) is 20.6 Å². The Kier molecular flexibility index (Phi) is 4.42. The van der Waals surface area contributed by atoms with E-state index in [9.17, 15) is 4.79 Å². The highest BCUT2D eigenvalue weighted by Crippen LogP contribution is 2.15. The van der Waals surface area contributed by atoms with Crippen LogP contribution < -0.4 is 5.32 Å². The number of nitrogens with zero attached hydrogens (tertiary/aromatic N) is 5. The summed E-state index contributed by atoms with van der Waals surface area (Å²) in [5.74, 6) is -0.147. The molecule has 0 aliphatic rings. The first-order valence-electron chi connectivity index (χ1n) is 8.39. The van der Waals surface area contributed by atoms with Gasteiger partial charge in [-0.15, -0.1) is 0 Å². The van der Waals surface area contributed by atoms with Crippen molar-refractivity contribution >= 4 is 16.9 Å². The van der Waals surface area contributed by atoms with Gasteiger partial charge in [-0.25, -0.2) is 0 Å². The predicted molar refractivity (Wildman–Crippen MR) is 97.1 cm³/mol. The number of rotatable bonds is 6. The molecule has 0 unspecified atom stereocenters. The zero-order valence-corrected chi connectivity index (χ0v) is 14.1. The maximum absolute atomic E-state index is 12.6. The summed E-state index contributed by atoms with van der Waals surface area (Å²) in [6.07, 6.45) is 3.60. The fourth-order valence-corrected chi connectivity index (χ4v) is 2.86. The first-order chi connectivity index (χ1) is 12.8. The van der Waals surface area contributed by atoms with E-state index in [1.807, 2.05) is 66.9 Å². The average molecular weight is 346 g/mol. The van der Waals surface area contributed by atoms with Crippen LogP contribution >= 0.6 is 0 Å². The molecule has 4 aromatic rings. The molecule has 0 saturated heterocycles. The van der Waals surface area contributed by atoms with Gasteiger partial charge in [0.25, 0.3) is 0 Å². The molecular formula is C19H18N6O. The smallest absolute Gasteiger partial charge is 0.244 e. The lowest BCUT2D eigenvalue weighted by molar-refractivity contribution is -0.122. The van der Waals surface area contributed by atoms with Gasteiger partial charge in [0, 0.05) is 12.4 Å². The second-order valence-corrected chi connectivity index (χ2v) is 5.98. The Morgan fingerprint density at radius 3 is 2.31 bits per heavy atom. The predicted octanol–water partition coefficient (Wildman–Crippen LogP) is 2.19. The van der Waals surface area contributed by atoms with Crippen molar-refractivity contribution in [3.05, 3.63) is 78.6 Å². The first-order valence-corrected chi connectivity index (χ1v) is 8.39. The zero-order chi connectivity index (χ0) is 17.8. The summed E-state index contributed by atoms with van der Waals surface area (Å²) in [5, 5.41) is 16.0. The van der Waals surface area contributed by atoms with Gasteiger partial charge >= 0.3 is 0 Å². The third-order valence-electron chi connectivity index (χ3n) is 4.08. The van der Waals surface area contributed by atoms with E-state index in [1.165, 1.54) is 4.80 Å². The first kappa shape index (κ1) is 16.0. The minimum absolute atomic E-state index is 0.0666. The molecule has 0 spiro atoms. The molecule has 2 aromatic carbocycles. The third kappa shape index (κ3) is 3.61. The van der Waals surface area contributed by atoms with Gasteiger partial charge in [-0.05, 0) is 23.8 Å². The van der Waals surface area contributed by atoms with Gasteiger partial charge in [0.15, 0.2) is 0 Å². The van der Waals surface area contributed by atoms with Crippen molar-refractivity contribution in [3.8, 4) is 0 Å². The molecular weight excluding hydrogens is 328 g/mol. The second-order valence-electron chi connectivity index (χ2n) is 5.98. The third-order valence-corrected chi connectivity index (χ3v) is 4.08. The molecule has 0 fully saturated rings. The Bertz CT molecular complexity index is 960. The SMILES string of the molecule is O=C(Cn1nc2ccccc2n1)N[C@@H](Cn1cccn1)c1ccccc1. The molecule has 26 heavy (non-hydrogen) atoms. The van der Waals surface area contributed by atoms with E-state index in [4.69, 9.17) is 0 Å². The Morgan fingerprint density at radius 1 is 0.962 bits per heavy atom. The van der Waals surface area contributed by atoms with Crippen LogP contribution in [0.15, 0.2) is 73.1 Å². The van der Waals surface area contributed by atoms with E-state index in [0.717, 1.165) is 16.6 Å².